The van der Waals surface area contributed by atoms with Crippen LogP contribution in [0.15, 0.2) is 18.5 Å². The van der Waals surface area contributed by atoms with Crippen LogP contribution in [0.4, 0.5) is 13.2 Å². The summed E-state index contributed by atoms with van der Waals surface area (Å²) in [6.07, 6.45) is -2.69. The Kier molecular flexibility index (Phi) is 3.20. The largest absolute Gasteiger partial charge is 0.417 e. The standard InChI is InChI=1S/C10H8F3N3OS/c11-10(12,13)7-1-2-14-5-6(7)8(17)16-4-3-15-9(16)18/h1-2,5H,3-4H2,(H,15,18). The van der Waals surface area contributed by atoms with Gasteiger partial charge in [-0.2, -0.15) is 13.2 Å². The predicted molar refractivity (Wildman–Crippen MR) is 60.9 cm³/mol. The Balaban J connectivity index is 2.39. The Morgan fingerprint density at radius 1 is 1.50 bits per heavy atom. The fraction of sp³-hybridized carbons (Fsp3) is 0.300. The molecular weight excluding hydrogens is 267 g/mol. The molecule has 0 spiro atoms. The normalized spacial score (nSPS) is 15.7. The lowest BCUT2D eigenvalue weighted by Crippen LogP contribution is -2.35. The van der Waals surface area contributed by atoms with E-state index in [2.05, 4.69) is 10.3 Å². The SMILES string of the molecule is O=C(c1cnccc1C(F)(F)F)N1CCNC1=S. The molecule has 1 fully saturated rings. The van der Waals surface area contributed by atoms with E-state index in [1.54, 1.807) is 0 Å². The quantitative estimate of drug-likeness (QED) is 0.788. The minimum absolute atomic E-state index is 0.136. The van der Waals surface area contributed by atoms with Gasteiger partial charge in [0.15, 0.2) is 5.11 Å². The molecule has 96 valence electrons. The lowest BCUT2D eigenvalue weighted by molar-refractivity contribution is -0.138. The van der Waals surface area contributed by atoms with E-state index in [0.717, 1.165) is 23.4 Å². The minimum atomic E-state index is -4.59. The monoisotopic (exact) mass is 275 g/mol. The van der Waals surface area contributed by atoms with Crippen LogP contribution in [0.5, 0.6) is 0 Å². The highest BCUT2D eigenvalue weighted by molar-refractivity contribution is 7.80. The summed E-state index contributed by atoms with van der Waals surface area (Å²) in [5, 5.41) is 2.85. The van der Waals surface area contributed by atoms with E-state index >= 15 is 0 Å². The Morgan fingerprint density at radius 3 is 2.78 bits per heavy atom. The average molecular weight is 275 g/mol. The highest BCUT2D eigenvalue weighted by Crippen LogP contribution is 2.32. The molecule has 1 amide bonds. The molecule has 2 rings (SSSR count). The van der Waals surface area contributed by atoms with Crippen molar-refractivity contribution < 1.29 is 18.0 Å². The molecule has 4 nitrogen and oxygen atoms in total. The van der Waals surface area contributed by atoms with E-state index < -0.39 is 23.2 Å². The molecule has 0 aromatic carbocycles. The molecule has 0 radical (unpaired) electrons. The first-order chi connectivity index (χ1) is 8.41. The van der Waals surface area contributed by atoms with Crippen molar-refractivity contribution in [1.29, 1.82) is 0 Å². The van der Waals surface area contributed by atoms with Gasteiger partial charge in [0.2, 0.25) is 0 Å². The second-order valence-electron chi connectivity index (χ2n) is 3.61. The zero-order valence-corrected chi connectivity index (χ0v) is 9.81. The zero-order valence-electron chi connectivity index (χ0n) is 8.99. The number of hydrogen-bond donors (Lipinski definition) is 1. The summed E-state index contributed by atoms with van der Waals surface area (Å²) in [5.74, 6) is -0.787. The number of nitrogens with one attached hydrogen (secondary N) is 1. The summed E-state index contributed by atoms with van der Waals surface area (Å²) in [7, 11) is 0. The van der Waals surface area contributed by atoms with Gasteiger partial charge in [-0.25, -0.2) is 0 Å². The Hall–Kier alpha value is -1.70. The van der Waals surface area contributed by atoms with Gasteiger partial charge in [-0.1, -0.05) is 0 Å². The number of hydrogen-bond acceptors (Lipinski definition) is 3. The molecule has 1 saturated heterocycles. The summed E-state index contributed by atoms with van der Waals surface area (Å²) in [6.45, 7) is 0.691. The number of aromatic nitrogens is 1. The van der Waals surface area contributed by atoms with E-state index in [1.807, 2.05) is 0 Å². The third kappa shape index (κ3) is 2.28. The summed E-state index contributed by atoms with van der Waals surface area (Å²) < 4.78 is 38.2. The number of halogens is 3. The van der Waals surface area contributed by atoms with Crippen LogP contribution in [0.1, 0.15) is 15.9 Å². The molecule has 2 heterocycles. The van der Waals surface area contributed by atoms with E-state index in [1.165, 1.54) is 0 Å². The summed E-state index contributed by atoms with van der Waals surface area (Å²) >= 11 is 4.85. The number of amides is 1. The molecule has 0 atom stereocenters. The fourth-order valence-electron chi connectivity index (χ4n) is 1.62. The first-order valence-electron chi connectivity index (χ1n) is 5.02. The second kappa shape index (κ2) is 4.52. The third-order valence-corrected chi connectivity index (χ3v) is 2.82. The number of carbonyl (C=O) groups is 1. The molecule has 1 aromatic rings. The van der Waals surface area contributed by atoms with E-state index in [-0.39, 0.29) is 11.7 Å². The molecule has 1 N–H and O–H groups in total. The van der Waals surface area contributed by atoms with Gasteiger partial charge in [-0.15, -0.1) is 0 Å². The van der Waals surface area contributed by atoms with Crippen molar-refractivity contribution >= 4 is 23.2 Å². The van der Waals surface area contributed by atoms with Gasteiger partial charge < -0.3 is 5.32 Å². The number of thiocarbonyl (C=S) groups is 1. The van der Waals surface area contributed by atoms with Crippen LogP contribution in [0, 0.1) is 0 Å². The third-order valence-electron chi connectivity index (χ3n) is 2.46. The lowest BCUT2D eigenvalue weighted by Gasteiger charge is -2.17. The van der Waals surface area contributed by atoms with Gasteiger partial charge in [0.1, 0.15) is 0 Å². The highest BCUT2D eigenvalue weighted by atomic mass is 32.1. The first-order valence-corrected chi connectivity index (χ1v) is 5.43. The topological polar surface area (TPSA) is 45.2 Å². The van der Waals surface area contributed by atoms with E-state index in [4.69, 9.17) is 12.2 Å². The van der Waals surface area contributed by atoms with E-state index in [9.17, 15) is 18.0 Å². The predicted octanol–water partition coefficient (Wildman–Crippen LogP) is 1.43. The van der Waals surface area contributed by atoms with Crippen LogP contribution < -0.4 is 5.32 Å². The fourth-order valence-corrected chi connectivity index (χ4v) is 1.90. The van der Waals surface area contributed by atoms with Gasteiger partial charge in [-0.3, -0.25) is 14.7 Å². The average Bonchev–Trinajstić information content (AvgIpc) is 2.73. The number of alkyl halides is 3. The van der Waals surface area contributed by atoms with Crippen molar-refractivity contribution in [2.24, 2.45) is 0 Å². The van der Waals surface area contributed by atoms with Crippen LogP contribution in [0.3, 0.4) is 0 Å². The van der Waals surface area contributed by atoms with Crippen LogP contribution in [-0.2, 0) is 6.18 Å². The lowest BCUT2D eigenvalue weighted by atomic mass is 10.1. The zero-order chi connectivity index (χ0) is 13.3. The maximum atomic E-state index is 12.7. The number of rotatable bonds is 1. The number of nitrogens with zero attached hydrogens (tertiary/aromatic N) is 2. The number of pyridine rings is 1. The van der Waals surface area contributed by atoms with Crippen molar-refractivity contribution in [3.05, 3.63) is 29.6 Å². The maximum Gasteiger partial charge on any atom is 0.417 e. The first kappa shape index (κ1) is 12.7. The minimum Gasteiger partial charge on any atom is -0.360 e. The smallest absolute Gasteiger partial charge is 0.360 e. The van der Waals surface area contributed by atoms with Gasteiger partial charge in [0.05, 0.1) is 11.1 Å². The molecule has 0 bridgehead atoms. The molecule has 0 saturated carbocycles. The number of carbonyl (C=O) groups excluding carboxylic acids is 1. The maximum absolute atomic E-state index is 12.7. The molecule has 1 aromatic heterocycles. The Labute approximate surface area is 106 Å². The molecule has 0 aliphatic carbocycles. The van der Waals surface area contributed by atoms with Crippen molar-refractivity contribution in [2.75, 3.05) is 13.1 Å². The molecule has 8 heteroatoms. The van der Waals surface area contributed by atoms with Gasteiger partial charge in [0.25, 0.3) is 5.91 Å². The summed E-state index contributed by atoms with van der Waals surface area (Å²) in [4.78, 5) is 16.6. The van der Waals surface area contributed by atoms with Gasteiger partial charge >= 0.3 is 6.18 Å². The van der Waals surface area contributed by atoms with E-state index in [0.29, 0.717) is 6.54 Å². The Bertz CT molecular complexity index is 503. The van der Waals surface area contributed by atoms with Crippen molar-refractivity contribution in [1.82, 2.24) is 15.2 Å². The molecule has 18 heavy (non-hydrogen) atoms. The van der Waals surface area contributed by atoms with Crippen molar-refractivity contribution in [3.63, 3.8) is 0 Å². The molecule has 0 unspecified atom stereocenters. The van der Waals surface area contributed by atoms with Gasteiger partial charge in [-0.05, 0) is 18.3 Å². The van der Waals surface area contributed by atoms with Crippen molar-refractivity contribution in [2.45, 2.75) is 6.18 Å². The van der Waals surface area contributed by atoms with Crippen LogP contribution in [0.25, 0.3) is 0 Å². The summed E-state index contributed by atoms with van der Waals surface area (Å²) in [5.41, 5.74) is -1.49. The van der Waals surface area contributed by atoms with Crippen LogP contribution >= 0.6 is 12.2 Å². The molecule has 1 aliphatic rings. The van der Waals surface area contributed by atoms with Crippen LogP contribution in [0.2, 0.25) is 0 Å². The summed E-state index contributed by atoms with van der Waals surface area (Å²) in [6, 6.07) is 0.778. The van der Waals surface area contributed by atoms with Crippen molar-refractivity contribution in [3.8, 4) is 0 Å². The molecular formula is C10H8F3N3OS. The Morgan fingerprint density at radius 2 is 2.22 bits per heavy atom. The van der Waals surface area contributed by atoms with Gasteiger partial charge in [0, 0.05) is 25.5 Å². The highest BCUT2D eigenvalue weighted by Gasteiger charge is 2.37. The molecule has 1 aliphatic heterocycles. The van der Waals surface area contributed by atoms with Crippen LogP contribution in [-0.4, -0.2) is 34.0 Å². The second-order valence-corrected chi connectivity index (χ2v) is 3.99.